The first-order valence-corrected chi connectivity index (χ1v) is 7.31. The largest absolute Gasteiger partial charge is 0.314 e. The molecule has 0 amide bonds. The monoisotopic (exact) mass is 238 g/mol. The molecule has 1 aliphatic carbocycles. The molecule has 1 aromatic rings. The topological polar surface area (TPSA) is 24.9 Å². The second-order valence-electron chi connectivity index (χ2n) is 4.89. The van der Waals surface area contributed by atoms with Gasteiger partial charge in [0, 0.05) is 24.0 Å². The predicted molar refractivity (Wildman–Crippen MR) is 69.8 cm³/mol. The van der Waals surface area contributed by atoms with Gasteiger partial charge in [0.05, 0.1) is 5.01 Å². The first-order chi connectivity index (χ1) is 7.81. The summed E-state index contributed by atoms with van der Waals surface area (Å²) in [4.78, 5) is 4.40. The zero-order valence-electron chi connectivity index (χ0n) is 10.3. The molecule has 1 N–H and O–H groups in total. The molecule has 0 bridgehead atoms. The van der Waals surface area contributed by atoms with Gasteiger partial charge in [0.15, 0.2) is 0 Å². The summed E-state index contributed by atoms with van der Waals surface area (Å²) in [6.45, 7) is 5.80. The minimum absolute atomic E-state index is 0.741. The van der Waals surface area contributed by atoms with Crippen molar-refractivity contribution in [2.75, 3.05) is 6.54 Å². The summed E-state index contributed by atoms with van der Waals surface area (Å²) >= 11 is 1.80. The van der Waals surface area contributed by atoms with Crippen LogP contribution in [0.5, 0.6) is 0 Å². The van der Waals surface area contributed by atoms with Crippen molar-refractivity contribution in [1.82, 2.24) is 10.3 Å². The molecule has 1 heterocycles. The summed E-state index contributed by atoms with van der Waals surface area (Å²) in [5.74, 6) is 1.64. The van der Waals surface area contributed by atoms with Crippen LogP contribution in [0.3, 0.4) is 0 Å². The van der Waals surface area contributed by atoms with Gasteiger partial charge in [0.1, 0.15) is 0 Å². The summed E-state index contributed by atoms with van der Waals surface area (Å²) < 4.78 is 0. The fourth-order valence-electron chi connectivity index (χ4n) is 2.73. The van der Waals surface area contributed by atoms with Gasteiger partial charge in [-0.25, -0.2) is 4.98 Å². The van der Waals surface area contributed by atoms with Crippen molar-refractivity contribution in [3.05, 3.63) is 16.6 Å². The minimum Gasteiger partial charge on any atom is -0.314 e. The van der Waals surface area contributed by atoms with Crippen LogP contribution in [-0.4, -0.2) is 17.6 Å². The van der Waals surface area contributed by atoms with Gasteiger partial charge in [-0.3, -0.25) is 0 Å². The summed E-state index contributed by atoms with van der Waals surface area (Å²) in [5, 5.41) is 7.07. The maximum absolute atomic E-state index is 4.40. The third-order valence-electron chi connectivity index (χ3n) is 3.80. The Kier molecular flexibility index (Phi) is 4.36. The van der Waals surface area contributed by atoms with Crippen LogP contribution >= 0.6 is 11.3 Å². The highest BCUT2D eigenvalue weighted by Gasteiger charge is 2.32. The molecule has 2 rings (SSSR count). The van der Waals surface area contributed by atoms with E-state index in [0.29, 0.717) is 0 Å². The molecule has 0 aliphatic heterocycles. The SMILES string of the molecule is CCCNC1CCC(Cc2nccs2)C1C. The van der Waals surface area contributed by atoms with E-state index in [2.05, 4.69) is 29.5 Å². The fourth-order valence-corrected chi connectivity index (χ4v) is 3.44. The van der Waals surface area contributed by atoms with Crippen LogP contribution in [0.15, 0.2) is 11.6 Å². The number of thiazole rings is 1. The molecule has 0 aromatic carbocycles. The Balaban J connectivity index is 1.84. The highest BCUT2D eigenvalue weighted by Crippen LogP contribution is 2.34. The lowest BCUT2D eigenvalue weighted by Crippen LogP contribution is -2.33. The second kappa shape index (κ2) is 5.78. The highest BCUT2D eigenvalue weighted by molar-refractivity contribution is 7.09. The van der Waals surface area contributed by atoms with E-state index in [-0.39, 0.29) is 0 Å². The Morgan fingerprint density at radius 3 is 3.06 bits per heavy atom. The van der Waals surface area contributed by atoms with Crippen LogP contribution in [0.4, 0.5) is 0 Å². The van der Waals surface area contributed by atoms with Crippen LogP contribution in [-0.2, 0) is 6.42 Å². The van der Waals surface area contributed by atoms with Crippen molar-refractivity contribution >= 4 is 11.3 Å². The number of nitrogens with one attached hydrogen (secondary N) is 1. The summed E-state index contributed by atoms with van der Waals surface area (Å²) in [7, 11) is 0. The molecule has 1 fully saturated rings. The standard InChI is InChI=1S/C13H22N2S/c1-3-6-14-12-5-4-11(10(12)2)9-13-15-7-8-16-13/h7-8,10-12,14H,3-6,9H2,1-2H3. The average molecular weight is 238 g/mol. The molecule has 0 spiro atoms. The van der Waals surface area contributed by atoms with Crippen LogP contribution < -0.4 is 5.32 Å². The normalized spacial score (nSPS) is 29.8. The molecule has 1 aliphatic rings. The lowest BCUT2D eigenvalue weighted by Gasteiger charge is -2.21. The van der Waals surface area contributed by atoms with E-state index in [9.17, 15) is 0 Å². The first-order valence-electron chi connectivity index (χ1n) is 6.43. The Hall–Kier alpha value is -0.410. The van der Waals surface area contributed by atoms with Crippen molar-refractivity contribution in [1.29, 1.82) is 0 Å². The Labute approximate surface area is 102 Å². The quantitative estimate of drug-likeness (QED) is 0.852. The van der Waals surface area contributed by atoms with Crippen molar-refractivity contribution < 1.29 is 0 Å². The molecule has 90 valence electrons. The van der Waals surface area contributed by atoms with E-state index in [1.54, 1.807) is 11.3 Å². The molecular weight excluding hydrogens is 216 g/mol. The van der Waals surface area contributed by atoms with Crippen molar-refractivity contribution in [2.45, 2.75) is 45.6 Å². The predicted octanol–water partition coefficient (Wildman–Crippen LogP) is 3.10. The van der Waals surface area contributed by atoms with Gasteiger partial charge < -0.3 is 5.32 Å². The number of nitrogens with zero attached hydrogens (tertiary/aromatic N) is 1. The highest BCUT2D eigenvalue weighted by atomic mass is 32.1. The number of hydrogen-bond donors (Lipinski definition) is 1. The third kappa shape index (κ3) is 2.83. The zero-order chi connectivity index (χ0) is 11.4. The van der Waals surface area contributed by atoms with E-state index >= 15 is 0 Å². The van der Waals surface area contributed by atoms with Crippen molar-refractivity contribution in [2.24, 2.45) is 11.8 Å². The molecule has 3 atom stereocenters. The van der Waals surface area contributed by atoms with Gasteiger partial charge in [-0.1, -0.05) is 13.8 Å². The van der Waals surface area contributed by atoms with E-state index in [0.717, 1.165) is 17.9 Å². The van der Waals surface area contributed by atoms with Gasteiger partial charge in [-0.05, 0) is 37.6 Å². The summed E-state index contributed by atoms with van der Waals surface area (Å²) in [6.07, 6.45) is 7.05. The smallest absolute Gasteiger partial charge is 0.0927 e. The van der Waals surface area contributed by atoms with Crippen LogP contribution in [0.1, 0.15) is 38.1 Å². The van der Waals surface area contributed by atoms with Crippen LogP contribution in [0.25, 0.3) is 0 Å². The van der Waals surface area contributed by atoms with E-state index in [4.69, 9.17) is 0 Å². The Morgan fingerprint density at radius 1 is 1.50 bits per heavy atom. The second-order valence-corrected chi connectivity index (χ2v) is 5.87. The van der Waals surface area contributed by atoms with Crippen molar-refractivity contribution in [3.8, 4) is 0 Å². The zero-order valence-corrected chi connectivity index (χ0v) is 11.1. The molecule has 2 nitrogen and oxygen atoms in total. The number of hydrogen-bond acceptors (Lipinski definition) is 3. The number of aromatic nitrogens is 1. The van der Waals surface area contributed by atoms with E-state index < -0.39 is 0 Å². The molecule has 1 saturated carbocycles. The fraction of sp³-hybridized carbons (Fsp3) is 0.769. The van der Waals surface area contributed by atoms with Gasteiger partial charge >= 0.3 is 0 Å². The van der Waals surface area contributed by atoms with Gasteiger partial charge in [-0.2, -0.15) is 0 Å². The molecule has 1 aromatic heterocycles. The van der Waals surface area contributed by atoms with Crippen LogP contribution in [0.2, 0.25) is 0 Å². The number of rotatable bonds is 5. The van der Waals surface area contributed by atoms with Crippen molar-refractivity contribution in [3.63, 3.8) is 0 Å². The Morgan fingerprint density at radius 2 is 2.38 bits per heavy atom. The molecular formula is C13H22N2S. The molecule has 3 heteroatoms. The maximum Gasteiger partial charge on any atom is 0.0927 e. The summed E-state index contributed by atoms with van der Waals surface area (Å²) in [5.41, 5.74) is 0. The molecule has 0 radical (unpaired) electrons. The van der Waals surface area contributed by atoms with Gasteiger partial charge in [0.25, 0.3) is 0 Å². The maximum atomic E-state index is 4.40. The van der Waals surface area contributed by atoms with E-state index in [1.807, 2.05) is 6.20 Å². The summed E-state index contributed by atoms with van der Waals surface area (Å²) in [6, 6.07) is 0.741. The average Bonchev–Trinajstić information content (AvgIpc) is 2.89. The van der Waals surface area contributed by atoms with Crippen LogP contribution in [0, 0.1) is 11.8 Å². The molecule has 16 heavy (non-hydrogen) atoms. The van der Waals surface area contributed by atoms with Gasteiger partial charge in [0.2, 0.25) is 0 Å². The first kappa shape index (κ1) is 12.1. The molecule has 0 saturated heterocycles. The van der Waals surface area contributed by atoms with Gasteiger partial charge in [-0.15, -0.1) is 11.3 Å². The Bertz CT molecular complexity index is 297. The lowest BCUT2D eigenvalue weighted by molar-refractivity contribution is 0.351. The minimum atomic E-state index is 0.741. The lowest BCUT2D eigenvalue weighted by atomic mass is 9.93. The third-order valence-corrected chi connectivity index (χ3v) is 4.61. The van der Waals surface area contributed by atoms with E-state index in [1.165, 1.54) is 37.2 Å². The molecule has 3 unspecified atom stereocenters.